The summed E-state index contributed by atoms with van der Waals surface area (Å²) < 4.78 is 0. The van der Waals surface area contributed by atoms with Crippen LogP contribution >= 0.6 is 0 Å². The minimum Gasteiger partial charge on any atom is -0.393 e. The first kappa shape index (κ1) is 18.7. The zero-order valence-corrected chi connectivity index (χ0v) is 15.7. The van der Waals surface area contributed by atoms with Gasteiger partial charge in [0.15, 0.2) is 0 Å². The van der Waals surface area contributed by atoms with E-state index in [-0.39, 0.29) is 24.0 Å². The highest BCUT2D eigenvalue weighted by Gasteiger charge is 2.25. The smallest absolute Gasteiger partial charge is 0.227 e. The standard InChI is InChI=1S/C23H29NO2/c1-16(23(26)24-17(2)20-7-4-3-5-8-20)19-13-11-18(12-14-19)15-21-9-6-10-22(21)25/h3-5,7-8,11-14,16-17,21-22,25H,6,9-10,15H2,1-2H3,(H,24,26)/t16?,17-,21+,22-/m0/s1. The van der Waals surface area contributed by atoms with Crippen LogP contribution in [0.4, 0.5) is 0 Å². The Hall–Kier alpha value is -2.13. The molecule has 0 spiro atoms. The molecule has 3 nitrogen and oxygen atoms in total. The first-order valence-electron chi connectivity index (χ1n) is 9.67. The number of rotatable bonds is 6. The third-order valence-corrected chi connectivity index (χ3v) is 5.65. The van der Waals surface area contributed by atoms with Crippen LogP contribution < -0.4 is 5.32 Å². The molecular weight excluding hydrogens is 322 g/mol. The Kier molecular flexibility index (Phi) is 6.10. The Morgan fingerprint density at radius 2 is 1.73 bits per heavy atom. The summed E-state index contributed by atoms with van der Waals surface area (Å²) in [6.45, 7) is 3.96. The molecule has 3 heteroatoms. The third-order valence-electron chi connectivity index (χ3n) is 5.65. The molecule has 3 rings (SSSR count). The number of benzene rings is 2. The second kappa shape index (κ2) is 8.50. The van der Waals surface area contributed by atoms with Crippen LogP contribution in [0.1, 0.15) is 61.8 Å². The first-order chi connectivity index (χ1) is 12.5. The van der Waals surface area contributed by atoms with Crippen molar-refractivity contribution in [3.05, 3.63) is 71.3 Å². The fourth-order valence-corrected chi connectivity index (χ4v) is 3.82. The topological polar surface area (TPSA) is 49.3 Å². The summed E-state index contributed by atoms with van der Waals surface area (Å²) in [7, 11) is 0. The Morgan fingerprint density at radius 3 is 2.35 bits per heavy atom. The molecule has 0 heterocycles. The summed E-state index contributed by atoms with van der Waals surface area (Å²) in [5.74, 6) is 0.237. The SMILES string of the molecule is CC(C(=O)N[C@@H](C)c1ccccc1)c1ccc(C[C@H]2CCC[C@@H]2O)cc1. The second-order valence-corrected chi connectivity index (χ2v) is 7.57. The summed E-state index contributed by atoms with van der Waals surface area (Å²) >= 11 is 0. The van der Waals surface area contributed by atoms with E-state index in [1.807, 2.05) is 56.3 Å². The number of carbonyl (C=O) groups excluding carboxylic acids is 1. The summed E-state index contributed by atoms with van der Waals surface area (Å²) in [5, 5.41) is 13.1. The van der Waals surface area contributed by atoms with E-state index < -0.39 is 0 Å². The van der Waals surface area contributed by atoms with Crippen LogP contribution in [0.15, 0.2) is 54.6 Å². The Morgan fingerprint density at radius 1 is 1.04 bits per heavy atom. The van der Waals surface area contributed by atoms with Crippen molar-refractivity contribution in [2.24, 2.45) is 5.92 Å². The molecule has 0 bridgehead atoms. The molecule has 1 amide bonds. The van der Waals surface area contributed by atoms with Crippen LogP contribution in [0.25, 0.3) is 0 Å². The van der Waals surface area contributed by atoms with Crippen molar-refractivity contribution in [2.75, 3.05) is 0 Å². The number of hydrogen-bond donors (Lipinski definition) is 2. The van der Waals surface area contributed by atoms with Gasteiger partial charge in [-0.25, -0.2) is 0 Å². The molecule has 1 saturated carbocycles. The van der Waals surface area contributed by atoms with Crippen LogP contribution in [-0.4, -0.2) is 17.1 Å². The number of aliphatic hydroxyl groups excluding tert-OH is 1. The molecule has 0 aliphatic heterocycles. The maximum atomic E-state index is 12.6. The van der Waals surface area contributed by atoms with Gasteiger partial charge in [0.2, 0.25) is 5.91 Å². The molecule has 1 unspecified atom stereocenters. The van der Waals surface area contributed by atoms with E-state index in [1.165, 1.54) is 5.56 Å². The lowest BCUT2D eigenvalue weighted by molar-refractivity contribution is -0.122. The van der Waals surface area contributed by atoms with E-state index in [9.17, 15) is 9.90 Å². The van der Waals surface area contributed by atoms with E-state index >= 15 is 0 Å². The quantitative estimate of drug-likeness (QED) is 0.812. The van der Waals surface area contributed by atoms with Crippen molar-refractivity contribution < 1.29 is 9.90 Å². The normalized spacial score (nSPS) is 22.0. The van der Waals surface area contributed by atoms with Gasteiger partial charge in [0.25, 0.3) is 0 Å². The maximum Gasteiger partial charge on any atom is 0.227 e. The predicted molar refractivity (Wildman–Crippen MR) is 105 cm³/mol. The number of amides is 1. The second-order valence-electron chi connectivity index (χ2n) is 7.57. The monoisotopic (exact) mass is 351 g/mol. The number of nitrogens with one attached hydrogen (secondary N) is 1. The molecule has 1 fully saturated rings. The summed E-state index contributed by atoms with van der Waals surface area (Å²) in [6, 6.07) is 18.3. The van der Waals surface area contributed by atoms with Gasteiger partial charge in [0.1, 0.15) is 0 Å². The molecule has 26 heavy (non-hydrogen) atoms. The Balaban J connectivity index is 1.58. The zero-order chi connectivity index (χ0) is 18.5. The Bertz CT molecular complexity index is 711. The van der Waals surface area contributed by atoms with E-state index in [0.717, 1.165) is 36.8 Å². The van der Waals surface area contributed by atoms with Crippen molar-refractivity contribution in [3.63, 3.8) is 0 Å². The molecule has 1 aliphatic rings. The van der Waals surface area contributed by atoms with Gasteiger partial charge in [0.05, 0.1) is 18.1 Å². The maximum absolute atomic E-state index is 12.6. The molecule has 0 radical (unpaired) electrons. The van der Waals surface area contributed by atoms with E-state index in [0.29, 0.717) is 5.92 Å². The fourth-order valence-electron chi connectivity index (χ4n) is 3.82. The van der Waals surface area contributed by atoms with Crippen LogP contribution in [0.5, 0.6) is 0 Å². The number of carbonyl (C=O) groups is 1. The fraction of sp³-hybridized carbons (Fsp3) is 0.435. The molecular formula is C23H29NO2. The van der Waals surface area contributed by atoms with E-state index in [1.54, 1.807) is 0 Å². The minimum absolute atomic E-state index is 0.00530. The minimum atomic E-state index is -0.188. The highest BCUT2D eigenvalue weighted by atomic mass is 16.3. The van der Waals surface area contributed by atoms with Gasteiger partial charge >= 0.3 is 0 Å². The highest BCUT2D eigenvalue weighted by molar-refractivity contribution is 5.83. The molecule has 2 aromatic rings. The first-order valence-corrected chi connectivity index (χ1v) is 9.67. The molecule has 138 valence electrons. The summed E-state index contributed by atoms with van der Waals surface area (Å²) in [6.07, 6.45) is 3.94. The molecule has 0 saturated heterocycles. The Labute approximate surface area is 156 Å². The van der Waals surface area contributed by atoms with Crippen LogP contribution in [0, 0.1) is 5.92 Å². The van der Waals surface area contributed by atoms with Crippen LogP contribution in [0.3, 0.4) is 0 Å². The van der Waals surface area contributed by atoms with Gasteiger partial charge < -0.3 is 10.4 Å². The molecule has 4 atom stereocenters. The van der Waals surface area contributed by atoms with Crippen LogP contribution in [0.2, 0.25) is 0 Å². The van der Waals surface area contributed by atoms with Crippen molar-refractivity contribution in [1.82, 2.24) is 5.32 Å². The molecule has 0 aromatic heterocycles. The van der Waals surface area contributed by atoms with Gasteiger partial charge in [-0.3, -0.25) is 4.79 Å². The lowest BCUT2D eigenvalue weighted by Crippen LogP contribution is -2.30. The number of aliphatic hydroxyl groups is 1. The lowest BCUT2D eigenvalue weighted by Gasteiger charge is -2.19. The third kappa shape index (κ3) is 4.53. The largest absolute Gasteiger partial charge is 0.393 e. The van der Waals surface area contributed by atoms with E-state index in [2.05, 4.69) is 17.4 Å². The van der Waals surface area contributed by atoms with Crippen molar-refractivity contribution in [3.8, 4) is 0 Å². The van der Waals surface area contributed by atoms with Crippen molar-refractivity contribution >= 4 is 5.91 Å². The van der Waals surface area contributed by atoms with Gasteiger partial charge in [0, 0.05) is 0 Å². The van der Waals surface area contributed by atoms with E-state index in [4.69, 9.17) is 0 Å². The zero-order valence-electron chi connectivity index (χ0n) is 15.7. The van der Waals surface area contributed by atoms with Gasteiger partial charge in [-0.2, -0.15) is 0 Å². The highest BCUT2D eigenvalue weighted by Crippen LogP contribution is 2.29. The average Bonchev–Trinajstić information content (AvgIpc) is 3.07. The molecule has 2 N–H and O–H groups in total. The average molecular weight is 351 g/mol. The van der Waals surface area contributed by atoms with Crippen molar-refractivity contribution in [1.29, 1.82) is 0 Å². The molecule has 2 aromatic carbocycles. The van der Waals surface area contributed by atoms with Gasteiger partial charge in [-0.1, -0.05) is 61.0 Å². The van der Waals surface area contributed by atoms with Gasteiger partial charge in [-0.05, 0) is 55.7 Å². The summed E-state index contributed by atoms with van der Waals surface area (Å²) in [5.41, 5.74) is 3.38. The predicted octanol–water partition coefficient (Wildman–Crippen LogP) is 4.37. The lowest BCUT2D eigenvalue weighted by atomic mass is 9.93. The van der Waals surface area contributed by atoms with Crippen molar-refractivity contribution in [2.45, 2.75) is 57.6 Å². The molecule has 1 aliphatic carbocycles. The van der Waals surface area contributed by atoms with Gasteiger partial charge in [-0.15, -0.1) is 0 Å². The van der Waals surface area contributed by atoms with Crippen LogP contribution in [-0.2, 0) is 11.2 Å². The summed E-state index contributed by atoms with van der Waals surface area (Å²) in [4.78, 5) is 12.6. The number of hydrogen-bond acceptors (Lipinski definition) is 2.